The number of methoxy groups -OCH3 is 2. The van der Waals surface area contributed by atoms with E-state index in [9.17, 15) is 9.59 Å². The Hall–Kier alpha value is -2.85. The number of thiazole rings is 1. The molecule has 1 N–H and O–H groups in total. The summed E-state index contributed by atoms with van der Waals surface area (Å²) < 4.78 is 16.4. The molecule has 0 spiro atoms. The maximum absolute atomic E-state index is 12.5. The molecule has 2 aromatic heterocycles. The summed E-state index contributed by atoms with van der Waals surface area (Å²) in [6, 6.07) is 5.68. The minimum Gasteiger partial charge on any atom is -0.497 e. The number of thiophene rings is 1. The van der Waals surface area contributed by atoms with Gasteiger partial charge in [0.2, 0.25) is 0 Å². The normalized spacial score (nSPS) is 13.1. The van der Waals surface area contributed by atoms with Crippen LogP contribution >= 0.6 is 22.7 Å². The third-order valence-corrected chi connectivity index (χ3v) is 6.85. The number of aromatic nitrogens is 1. The van der Waals surface area contributed by atoms with Crippen molar-refractivity contribution in [3.63, 3.8) is 0 Å². The largest absolute Gasteiger partial charge is 0.497 e. The first-order chi connectivity index (χ1) is 14.5. The fourth-order valence-electron chi connectivity index (χ4n) is 3.36. The number of ether oxygens (including phenoxy) is 3. The number of rotatable bonds is 5. The molecule has 1 amide bonds. The number of hydrogen-bond donors (Lipinski definition) is 1. The maximum atomic E-state index is 12.5. The van der Waals surface area contributed by atoms with E-state index >= 15 is 0 Å². The van der Waals surface area contributed by atoms with E-state index in [1.54, 1.807) is 18.9 Å². The van der Waals surface area contributed by atoms with Crippen molar-refractivity contribution in [1.82, 2.24) is 9.88 Å². The van der Waals surface area contributed by atoms with E-state index in [1.807, 2.05) is 18.2 Å². The van der Waals surface area contributed by atoms with Gasteiger partial charge >= 0.3 is 12.1 Å². The highest BCUT2D eigenvalue weighted by atomic mass is 32.1. The molecule has 4 rings (SSSR count). The number of nitrogens with one attached hydrogen (secondary N) is 1. The number of benzene rings is 1. The van der Waals surface area contributed by atoms with Gasteiger partial charge in [-0.05, 0) is 37.1 Å². The van der Waals surface area contributed by atoms with Crippen LogP contribution in [-0.4, -0.2) is 49.3 Å². The highest BCUT2D eigenvalue weighted by Gasteiger charge is 2.31. The lowest BCUT2D eigenvalue weighted by Crippen LogP contribution is -2.36. The summed E-state index contributed by atoms with van der Waals surface area (Å²) in [5, 5.41) is 4.63. The summed E-state index contributed by atoms with van der Waals surface area (Å²) in [5.41, 5.74) is 2.27. The topological polar surface area (TPSA) is 90.0 Å². The fourth-order valence-corrected chi connectivity index (χ4v) is 5.58. The van der Waals surface area contributed by atoms with Gasteiger partial charge in [-0.1, -0.05) is 11.3 Å². The molecular weight excluding hydrogens is 426 g/mol. The first kappa shape index (κ1) is 20.4. The predicted octanol–water partition coefficient (Wildman–Crippen LogP) is 4.41. The van der Waals surface area contributed by atoms with E-state index in [2.05, 4.69) is 10.3 Å². The lowest BCUT2D eigenvalue weighted by molar-refractivity contribution is 0.0600. The van der Waals surface area contributed by atoms with Crippen molar-refractivity contribution < 1.29 is 23.8 Å². The molecule has 0 saturated heterocycles. The van der Waals surface area contributed by atoms with E-state index in [4.69, 9.17) is 14.2 Å². The van der Waals surface area contributed by atoms with Crippen molar-refractivity contribution in [2.45, 2.75) is 19.9 Å². The van der Waals surface area contributed by atoms with Crippen molar-refractivity contribution >= 4 is 55.1 Å². The Bertz CT molecular complexity index is 1110. The maximum Gasteiger partial charge on any atom is 0.410 e. The van der Waals surface area contributed by atoms with Crippen molar-refractivity contribution in [3.8, 4) is 5.75 Å². The fraction of sp³-hybridized carbons (Fsp3) is 0.350. The van der Waals surface area contributed by atoms with Crippen LogP contribution < -0.4 is 10.1 Å². The lowest BCUT2D eigenvalue weighted by atomic mass is 10.0. The summed E-state index contributed by atoms with van der Waals surface area (Å²) in [7, 11) is 2.99. The zero-order valence-corrected chi connectivity index (χ0v) is 18.4. The molecule has 8 nitrogen and oxygen atoms in total. The quantitative estimate of drug-likeness (QED) is 0.579. The highest BCUT2D eigenvalue weighted by molar-refractivity contribution is 7.23. The zero-order valence-electron chi connectivity index (χ0n) is 16.8. The third kappa shape index (κ3) is 3.80. The number of anilines is 2. The van der Waals surface area contributed by atoms with Crippen molar-refractivity contribution in [2.75, 3.05) is 32.7 Å². The van der Waals surface area contributed by atoms with E-state index in [0.29, 0.717) is 41.8 Å². The van der Waals surface area contributed by atoms with E-state index in [-0.39, 0.29) is 6.09 Å². The summed E-state index contributed by atoms with van der Waals surface area (Å²) >= 11 is 2.91. The van der Waals surface area contributed by atoms with Crippen LogP contribution in [0.3, 0.4) is 0 Å². The minimum atomic E-state index is -0.401. The smallest absolute Gasteiger partial charge is 0.410 e. The molecule has 3 heterocycles. The number of hydrogen-bond acceptors (Lipinski definition) is 9. The van der Waals surface area contributed by atoms with Crippen LogP contribution in [0.2, 0.25) is 0 Å². The molecule has 0 saturated carbocycles. The Labute approximate surface area is 181 Å². The lowest BCUT2D eigenvalue weighted by Gasteiger charge is -2.26. The van der Waals surface area contributed by atoms with Crippen molar-refractivity contribution in [1.29, 1.82) is 0 Å². The van der Waals surface area contributed by atoms with Gasteiger partial charge in [-0.3, -0.25) is 0 Å². The van der Waals surface area contributed by atoms with Crippen LogP contribution in [-0.2, 0) is 22.4 Å². The SMILES string of the molecule is CCOC(=O)N1CCc2c(sc(Nc3nc4ccc(OC)cc4s3)c2C(=O)OC)C1. The summed E-state index contributed by atoms with van der Waals surface area (Å²) in [6.07, 6.45) is 0.221. The third-order valence-electron chi connectivity index (χ3n) is 4.79. The Morgan fingerprint density at radius 2 is 2.10 bits per heavy atom. The zero-order chi connectivity index (χ0) is 21.3. The van der Waals surface area contributed by atoms with Gasteiger partial charge in [0, 0.05) is 11.4 Å². The number of carbonyl (C=O) groups excluding carboxylic acids is 2. The van der Waals surface area contributed by atoms with Gasteiger partial charge in [-0.15, -0.1) is 11.3 Å². The van der Waals surface area contributed by atoms with E-state index < -0.39 is 5.97 Å². The second-order valence-electron chi connectivity index (χ2n) is 6.55. The molecule has 1 aliphatic rings. The average molecular weight is 448 g/mol. The summed E-state index contributed by atoms with van der Waals surface area (Å²) in [6.45, 7) is 3.01. The van der Waals surface area contributed by atoms with Crippen LogP contribution in [0.15, 0.2) is 18.2 Å². The van der Waals surface area contributed by atoms with Crippen LogP contribution in [0.1, 0.15) is 27.7 Å². The number of esters is 1. The Kier molecular flexibility index (Phi) is 5.78. The number of nitrogens with zero attached hydrogens (tertiary/aromatic N) is 2. The van der Waals surface area contributed by atoms with Gasteiger partial charge in [0.1, 0.15) is 10.8 Å². The molecule has 0 fully saturated rings. The molecule has 1 aromatic carbocycles. The molecule has 0 aliphatic carbocycles. The second-order valence-corrected chi connectivity index (χ2v) is 8.68. The number of fused-ring (bicyclic) bond motifs is 2. The number of carbonyl (C=O) groups is 2. The second kappa shape index (κ2) is 8.49. The summed E-state index contributed by atoms with van der Waals surface area (Å²) in [4.78, 5) is 31.9. The van der Waals surface area contributed by atoms with Gasteiger partial charge in [-0.2, -0.15) is 0 Å². The standard InChI is InChI=1S/C20H21N3O5S2/c1-4-28-20(25)23-8-7-12-15(10-23)29-17(16(12)18(24)27-3)22-19-21-13-6-5-11(26-2)9-14(13)30-19/h5-6,9H,4,7-8,10H2,1-3H3,(H,21,22). The molecule has 0 unspecified atom stereocenters. The average Bonchev–Trinajstić information content (AvgIpc) is 3.32. The first-order valence-corrected chi connectivity index (χ1v) is 11.0. The molecule has 30 heavy (non-hydrogen) atoms. The van der Waals surface area contributed by atoms with Gasteiger partial charge in [0.25, 0.3) is 0 Å². The first-order valence-electron chi connectivity index (χ1n) is 9.40. The van der Waals surface area contributed by atoms with E-state index in [0.717, 1.165) is 26.4 Å². The predicted molar refractivity (Wildman–Crippen MR) is 116 cm³/mol. The molecule has 1 aliphatic heterocycles. The van der Waals surface area contributed by atoms with Gasteiger partial charge in [0.05, 0.1) is 43.2 Å². The molecule has 158 valence electrons. The van der Waals surface area contributed by atoms with Gasteiger partial charge < -0.3 is 24.4 Å². The Morgan fingerprint density at radius 1 is 1.27 bits per heavy atom. The van der Waals surface area contributed by atoms with Crippen molar-refractivity contribution in [3.05, 3.63) is 34.2 Å². The van der Waals surface area contributed by atoms with E-state index in [1.165, 1.54) is 29.8 Å². The van der Waals surface area contributed by atoms with Crippen molar-refractivity contribution in [2.24, 2.45) is 0 Å². The highest BCUT2D eigenvalue weighted by Crippen LogP contribution is 2.40. The molecule has 10 heteroatoms. The Morgan fingerprint density at radius 3 is 2.83 bits per heavy atom. The monoisotopic (exact) mass is 447 g/mol. The summed E-state index contributed by atoms with van der Waals surface area (Å²) in [5.74, 6) is 0.362. The van der Waals surface area contributed by atoms with Crippen LogP contribution in [0, 0.1) is 0 Å². The van der Waals surface area contributed by atoms with Crippen LogP contribution in [0.5, 0.6) is 5.75 Å². The van der Waals surface area contributed by atoms with Crippen LogP contribution in [0.25, 0.3) is 10.2 Å². The molecule has 0 radical (unpaired) electrons. The molecule has 0 atom stereocenters. The molecule has 0 bridgehead atoms. The van der Waals surface area contributed by atoms with Gasteiger partial charge in [-0.25, -0.2) is 14.6 Å². The van der Waals surface area contributed by atoms with Gasteiger partial charge in [0.15, 0.2) is 5.13 Å². The molecular formula is C20H21N3O5S2. The minimum absolute atomic E-state index is 0.329. The Balaban J connectivity index is 1.66. The molecule has 3 aromatic rings. The van der Waals surface area contributed by atoms with Crippen LogP contribution in [0.4, 0.5) is 14.9 Å². The number of amides is 1.